The fourth-order valence-corrected chi connectivity index (χ4v) is 5.61. The number of rotatable bonds is 10. The van der Waals surface area contributed by atoms with Gasteiger partial charge in [0.05, 0.1) is 6.61 Å². The van der Waals surface area contributed by atoms with E-state index in [4.69, 9.17) is 21.3 Å². The van der Waals surface area contributed by atoms with E-state index in [9.17, 15) is 15.0 Å². The van der Waals surface area contributed by atoms with Crippen molar-refractivity contribution in [3.8, 4) is 11.6 Å². The molecule has 2 N–H and O–H groups in total. The largest absolute Gasteiger partial charge is 0.491 e. The molecule has 1 aliphatic rings. The lowest BCUT2D eigenvalue weighted by molar-refractivity contribution is 0.0969. The summed E-state index contributed by atoms with van der Waals surface area (Å²) >= 11 is 6.17. The minimum atomic E-state index is -0.491. The van der Waals surface area contributed by atoms with Crippen LogP contribution in [0, 0.1) is 0 Å². The Kier molecular flexibility index (Phi) is 8.63. The van der Waals surface area contributed by atoms with E-state index in [1.165, 1.54) is 4.90 Å². The van der Waals surface area contributed by atoms with Crippen molar-refractivity contribution in [3.05, 3.63) is 113 Å². The van der Waals surface area contributed by atoms with Gasteiger partial charge in [0.1, 0.15) is 12.4 Å². The lowest BCUT2D eigenvalue weighted by Crippen LogP contribution is -2.35. The summed E-state index contributed by atoms with van der Waals surface area (Å²) in [7, 11) is 0. The molecule has 1 heterocycles. The molecule has 1 amide bonds. The lowest BCUT2D eigenvalue weighted by atomic mass is 9.76. The molecule has 0 bridgehead atoms. The number of carbonyl (C=O) groups is 1. The molecule has 1 aliphatic carbocycles. The van der Waals surface area contributed by atoms with Crippen LogP contribution in [-0.2, 0) is 18.4 Å². The molecule has 5 rings (SSSR count). The van der Waals surface area contributed by atoms with E-state index in [-0.39, 0.29) is 42.5 Å². The van der Waals surface area contributed by atoms with Crippen molar-refractivity contribution in [3.63, 3.8) is 0 Å². The fourth-order valence-electron chi connectivity index (χ4n) is 5.48. The predicted octanol–water partition coefficient (Wildman–Crippen LogP) is 6.11. The topological polar surface area (TPSA) is 95.8 Å². The Hall–Kier alpha value is -3.94. The summed E-state index contributed by atoms with van der Waals surface area (Å²) in [5, 5.41) is 21.6. The van der Waals surface area contributed by atoms with Gasteiger partial charge in [0.15, 0.2) is 5.69 Å². The molecule has 206 valence electrons. The van der Waals surface area contributed by atoms with E-state index in [0.29, 0.717) is 23.0 Å². The van der Waals surface area contributed by atoms with Gasteiger partial charge < -0.3 is 19.8 Å². The minimum absolute atomic E-state index is 0.0417. The zero-order valence-corrected chi connectivity index (χ0v) is 22.9. The van der Waals surface area contributed by atoms with Gasteiger partial charge in [-0.25, -0.2) is 4.98 Å². The highest BCUT2D eigenvalue weighted by Crippen LogP contribution is 2.44. The number of aliphatic hydroxyl groups is 1. The van der Waals surface area contributed by atoms with Crippen LogP contribution in [0.1, 0.15) is 53.1 Å². The third-order valence-corrected chi connectivity index (χ3v) is 7.72. The summed E-state index contributed by atoms with van der Waals surface area (Å²) in [4.78, 5) is 24.6. The lowest BCUT2D eigenvalue weighted by Gasteiger charge is -2.29. The van der Waals surface area contributed by atoms with E-state index >= 15 is 0 Å². The standard InChI is InChI=1S/C32H32ClN3O4/c33-25-15-13-24(14-16-25)32(17-7-8-18-32)21-27-34-28(31(39)36(19-20-37)26-11-5-2-6-12-26)29(30(38)35-27)40-22-23-9-3-1-4-10-23/h1-6,9-16,37H,7-8,17-22H2,(H,34,35,38). The first-order chi connectivity index (χ1) is 19.5. The molecule has 40 heavy (non-hydrogen) atoms. The number of aromatic nitrogens is 2. The molecule has 8 heteroatoms. The van der Waals surface area contributed by atoms with E-state index in [0.717, 1.165) is 36.8 Å². The highest BCUT2D eigenvalue weighted by Gasteiger charge is 2.38. The zero-order valence-electron chi connectivity index (χ0n) is 22.2. The maximum absolute atomic E-state index is 14.0. The predicted molar refractivity (Wildman–Crippen MR) is 155 cm³/mol. The molecular weight excluding hydrogens is 526 g/mol. The number of nitrogens with zero attached hydrogens (tertiary/aromatic N) is 3. The first kappa shape index (κ1) is 27.6. The molecule has 0 atom stereocenters. The van der Waals surface area contributed by atoms with E-state index < -0.39 is 5.91 Å². The van der Waals surface area contributed by atoms with Crippen LogP contribution in [0.4, 0.5) is 5.69 Å². The van der Waals surface area contributed by atoms with Gasteiger partial charge in [-0.15, -0.1) is 0 Å². The Morgan fingerprint density at radius 1 is 0.925 bits per heavy atom. The molecule has 1 saturated carbocycles. The Labute approximate surface area is 239 Å². The van der Waals surface area contributed by atoms with Crippen LogP contribution in [0.15, 0.2) is 84.9 Å². The van der Waals surface area contributed by atoms with Gasteiger partial charge in [-0.05, 0) is 48.2 Å². The number of amides is 1. The van der Waals surface area contributed by atoms with Gasteiger partial charge in [-0.2, -0.15) is 4.98 Å². The van der Waals surface area contributed by atoms with Gasteiger partial charge in [0.25, 0.3) is 11.8 Å². The molecule has 0 spiro atoms. The van der Waals surface area contributed by atoms with Gasteiger partial charge in [0.2, 0.25) is 5.75 Å². The van der Waals surface area contributed by atoms with Crippen molar-refractivity contribution >= 4 is 23.2 Å². The average molecular weight is 558 g/mol. The quantitative estimate of drug-likeness (QED) is 0.244. The average Bonchev–Trinajstić information content (AvgIpc) is 3.45. The smallest absolute Gasteiger partial charge is 0.281 e. The van der Waals surface area contributed by atoms with Crippen LogP contribution in [0.25, 0.3) is 0 Å². The maximum Gasteiger partial charge on any atom is 0.281 e. The molecule has 7 nitrogen and oxygen atoms in total. The van der Waals surface area contributed by atoms with Gasteiger partial charge in [-0.1, -0.05) is 85.1 Å². The number of carbonyl (C=O) groups excluding carboxylic acids is 1. The number of benzene rings is 3. The third-order valence-electron chi connectivity index (χ3n) is 7.47. The first-order valence-electron chi connectivity index (χ1n) is 13.5. The van der Waals surface area contributed by atoms with Crippen LogP contribution in [0.2, 0.25) is 5.02 Å². The summed E-state index contributed by atoms with van der Waals surface area (Å²) in [6.45, 7) is -0.0718. The van der Waals surface area contributed by atoms with Crippen LogP contribution in [-0.4, -0.2) is 39.2 Å². The number of anilines is 1. The van der Waals surface area contributed by atoms with E-state index in [1.54, 1.807) is 12.1 Å². The molecule has 0 saturated heterocycles. The molecule has 1 aromatic heterocycles. The van der Waals surface area contributed by atoms with Crippen molar-refractivity contribution in [1.29, 1.82) is 0 Å². The van der Waals surface area contributed by atoms with Crippen molar-refractivity contribution < 1.29 is 19.7 Å². The summed E-state index contributed by atoms with van der Waals surface area (Å²) in [5.74, 6) is -0.593. The van der Waals surface area contributed by atoms with Crippen molar-refractivity contribution in [2.24, 2.45) is 0 Å². The van der Waals surface area contributed by atoms with Gasteiger partial charge >= 0.3 is 0 Å². The second kappa shape index (κ2) is 12.5. The second-order valence-corrected chi connectivity index (χ2v) is 10.5. The molecule has 1 fully saturated rings. The van der Waals surface area contributed by atoms with Crippen LogP contribution < -0.4 is 9.64 Å². The Balaban J connectivity index is 1.55. The normalized spacial score (nSPS) is 14.2. The monoisotopic (exact) mass is 557 g/mol. The van der Waals surface area contributed by atoms with Crippen molar-refractivity contribution in [2.45, 2.75) is 44.1 Å². The number of halogens is 1. The Morgan fingerprint density at radius 3 is 2.23 bits per heavy atom. The molecule has 0 aliphatic heterocycles. The Morgan fingerprint density at radius 2 is 1.57 bits per heavy atom. The van der Waals surface area contributed by atoms with E-state index in [2.05, 4.69) is 4.98 Å². The molecule has 3 aromatic carbocycles. The maximum atomic E-state index is 14.0. The summed E-state index contributed by atoms with van der Waals surface area (Å²) in [5.41, 5.74) is 2.34. The highest BCUT2D eigenvalue weighted by molar-refractivity contribution is 6.30. The Bertz CT molecular complexity index is 1430. The molecule has 0 unspecified atom stereocenters. The summed E-state index contributed by atoms with van der Waals surface area (Å²) in [6, 6.07) is 26.4. The minimum Gasteiger partial charge on any atom is -0.491 e. The van der Waals surface area contributed by atoms with Crippen LogP contribution in [0.5, 0.6) is 11.6 Å². The van der Waals surface area contributed by atoms with Gasteiger partial charge in [-0.3, -0.25) is 4.79 Å². The summed E-state index contributed by atoms with van der Waals surface area (Å²) < 4.78 is 5.99. The fraction of sp³-hybridized carbons (Fsp3) is 0.281. The van der Waals surface area contributed by atoms with Crippen molar-refractivity contribution in [1.82, 2.24) is 9.97 Å². The number of hydrogen-bond acceptors (Lipinski definition) is 6. The number of ether oxygens (including phenoxy) is 1. The van der Waals surface area contributed by atoms with E-state index in [1.807, 2.05) is 72.8 Å². The zero-order chi connectivity index (χ0) is 28.0. The molecular formula is C32H32ClN3O4. The SMILES string of the molecule is O=C(c1nc(CC2(c3ccc(Cl)cc3)CCCC2)nc(O)c1OCc1ccccc1)N(CCO)c1ccccc1. The molecule has 4 aromatic rings. The molecule has 0 radical (unpaired) electrons. The number of hydrogen-bond donors (Lipinski definition) is 2. The van der Waals surface area contributed by atoms with Crippen LogP contribution in [0.3, 0.4) is 0 Å². The second-order valence-electron chi connectivity index (χ2n) is 10.1. The van der Waals surface area contributed by atoms with Gasteiger partial charge in [0, 0.05) is 29.1 Å². The first-order valence-corrected chi connectivity index (χ1v) is 13.9. The highest BCUT2D eigenvalue weighted by atomic mass is 35.5. The number of aliphatic hydroxyl groups excluding tert-OH is 1. The summed E-state index contributed by atoms with van der Waals surface area (Å²) in [6.07, 6.45) is 4.46. The van der Waals surface area contributed by atoms with Crippen LogP contribution >= 0.6 is 11.6 Å². The third kappa shape index (κ3) is 6.11. The van der Waals surface area contributed by atoms with Crippen molar-refractivity contribution in [2.75, 3.05) is 18.1 Å². The number of para-hydroxylation sites is 1. The number of aromatic hydroxyl groups is 1.